The third kappa shape index (κ3) is 2.88. The fraction of sp³-hybridized carbons (Fsp3) is 0.133. The smallest absolute Gasteiger partial charge is 0.128 e. The van der Waals surface area contributed by atoms with Crippen LogP contribution in [0.15, 0.2) is 36.4 Å². The largest absolute Gasteiger partial charge is 0.497 e. The number of rotatable bonds is 4. The first-order valence-corrected chi connectivity index (χ1v) is 6.43. The quantitative estimate of drug-likeness (QED) is 0.846. The van der Waals surface area contributed by atoms with E-state index in [0.717, 1.165) is 0 Å². The highest BCUT2D eigenvalue weighted by Crippen LogP contribution is 2.28. The Balaban J connectivity index is 2.46. The van der Waals surface area contributed by atoms with E-state index in [0.29, 0.717) is 28.3 Å². The molecule has 2 rings (SSSR count). The highest BCUT2D eigenvalue weighted by molar-refractivity contribution is 7.80. The van der Waals surface area contributed by atoms with Gasteiger partial charge in [0.25, 0.3) is 0 Å². The summed E-state index contributed by atoms with van der Waals surface area (Å²) in [6.45, 7) is 1.71. The van der Waals surface area contributed by atoms with Crippen molar-refractivity contribution >= 4 is 28.6 Å². The molecule has 0 saturated heterocycles. The van der Waals surface area contributed by atoms with Gasteiger partial charge in [-0.3, -0.25) is 0 Å². The summed E-state index contributed by atoms with van der Waals surface area (Å²) in [6, 6.07) is 10.2. The third-order valence-corrected chi connectivity index (χ3v) is 3.25. The number of anilines is 2. The Hall–Kier alpha value is -2.14. The predicted molar refractivity (Wildman–Crippen MR) is 83.3 cm³/mol. The van der Waals surface area contributed by atoms with Crippen LogP contribution in [0.2, 0.25) is 0 Å². The van der Waals surface area contributed by atoms with Crippen molar-refractivity contribution in [1.29, 1.82) is 0 Å². The minimum Gasteiger partial charge on any atom is -0.497 e. The van der Waals surface area contributed by atoms with E-state index in [2.05, 4.69) is 5.32 Å². The summed E-state index contributed by atoms with van der Waals surface area (Å²) >= 11 is 5.03. The molecule has 3 N–H and O–H groups in total. The lowest BCUT2D eigenvalue weighted by atomic mass is 10.1. The van der Waals surface area contributed by atoms with Crippen molar-refractivity contribution in [3.63, 3.8) is 0 Å². The van der Waals surface area contributed by atoms with E-state index < -0.39 is 0 Å². The van der Waals surface area contributed by atoms with Crippen LogP contribution in [-0.2, 0) is 0 Å². The molecule has 0 amide bonds. The van der Waals surface area contributed by atoms with E-state index in [1.165, 1.54) is 6.07 Å². The van der Waals surface area contributed by atoms with Crippen molar-refractivity contribution in [2.24, 2.45) is 5.73 Å². The number of nitrogens with one attached hydrogen (secondary N) is 1. The van der Waals surface area contributed by atoms with Crippen LogP contribution in [0.25, 0.3) is 0 Å². The van der Waals surface area contributed by atoms with Crippen LogP contribution in [0.1, 0.15) is 11.1 Å². The van der Waals surface area contributed by atoms with Crippen molar-refractivity contribution in [1.82, 2.24) is 0 Å². The number of hydrogen-bond donors (Lipinski definition) is 2. The molecule has 2 aromatic rings. The fourth-order valence-electron chi connectivity index (χ4n) is 1.86. The maximum absolute atomic E-state index is 13.6. The zero-order valence-electron chi connectivity index (χ0n) is 11.2. The van der Waals surface area contributed by atoms with E-state index in [9.17, 15) is 4.39 Å². The van der Waals surface area contributed by atoms with Crippen LogP contribution in [-0.4, -0.2) is 12.1 Å². The van der Waals surface area contributed by atoms with Crippen LogP contribution >= 0.6 is 12.2 Å². The lowest BCUT2D eigenvalue weighted by Crippen LogP contribution is -2.12. The third-order valence-electron chi connectivity index (χ3n) is 3.03. The Morgan fingerprint density at radius 3 is 2.65 bits per heavy atom. The molecule has 0 saturated carbocycles. The van der Waals surface area contributed by atoms with Gasteiger partial charge in [-0.2, -0.15) is 0 Å². The van der Waals surface area contributed by atoms with Gasteiger partial charge >= 0.3 is 0 Å². The van der Waals surface area contributed by atoms with Gasteiger partial charge in [-0.05, 0) is 31.2 Å². The zero-order valence-corrected chi connectivity index (χ0v) is 12.1. The molecule has 5 heteroatoms. The Morgan fingerprint density at radius 2 is 2.00 bits per heavy atom. The summed E-state index contributed by atoms with van der Waals surface area (Å²) in [4.78, 5) is 0.268. The maximum atomic E-state index is 13.6. The number of methoxy groups -OCH3 is 1. The molecule has 0 atom stereocenters. The maximum Gasteiger partial charge on any atom is 0.128 e. The number of hydrogen-bond acceptors (Lipinski definition) is 3. The molecular formula is C15H15FN2OS. The molecule has 0 unspecified atom stereocenters. The first-order valence-electron chi connectivity index (χ1n) is 6.03. The van der Waals surface area contributed by atoms with Gasteiger partial charge in [0.15, 0.2) is 0 Å². The molecule has 0 aromatic heterocycles. The molecule has 0 bridgehead atoms. The predicted octanol–water partition coefficient (Wildman–Crippen LogP) is 3.52. The van der Waals surface area contributed by atoms with Gasteiger partial charge in [0, 0.05) is 22.9 Å². The van der Waals surface area contributed by atoms with Gasteiger partial charge in [-0.15, -0.1) is 0 Å². The lowest BCUT2D eigenvalue weighted by molar-refractivity contribution is 0.415. The van der Waals surface area contributed by atoms with Crippen LogP contribution in [0.4, 0.5) is 15.8 Å². The van der Waals surface area contributed by atoms with Gasteiger partial charge < -0.3 is 15.8 Å². The Labute approximate surface area is 122 Å². The average Bonchev–Trinajstić information content (AvgIpc) is 2.43. The van der Waals surface area contributed by atoms with Crippen LogP contribution in [0.5, 0.6) is 5.75 Å². The van der Waals surface area contributed by atoms with Crippen molar-refractivity contribution in [2.75, 3.05) is 12.4 Å². The highest BCUT2D eigenvalue weighted by atomic mass is 32.1. The second kappa shape index (κ2) is 5.88. The first-order chi connectivity index (χ1) is 9.52. The number of nitrogens with two attached hydrogens (primary N) is 1. The highest BCUT2D eigenvalue weighted by Gasteiger charge is 2.10. The Bertz CT molecular complexity index is 658. The SMILES string of the molecule is COc1ccc(C(N)=S)c(Nc2cccc(F)c2C)c1. The fourth-order valence-corrected chi connectivity index (χ4v) is 2.03. The zero-order chi connectivity index (χ0) is 14.7. The van der Waals surface area contributed by atoms with Gasteiger partial charge in [0.2, 0.25) is 0 Å². The Kier molecular flexibility index (Phi) is 4.20. The molecule has 0 heterocycles. The monoisotopic (exact) mass is 290 g/mol. The molecule has 0 fully saturated rings. The van der Waals surface area contributed by atoms with E-state index in [-0.39, 0.29) is 10.8 Å². The van der Waals surface area contributed by atoms with Crippen LogP contribution in [0.3, 0.4) is 0 Å². The molecule has 3 nitrogen and oxygen atoms in total. The van der Waals surface area contributed by atoms with Crippen molar-refractivity contribution in [3.8, 4) is 5.75 Å². The molecule has 20 heavy (non-hydrogen) atoms. The molecule has 0 aliphatic rings. The van der Waals surface area contributed by atoms with Gasteiger partial charge in [-0.1, -0.05) is 18.3 Å². The van der Waals surface area contributed by atoms with Crippen LogP contribution in [0, 0.1) is 12.7 Å². The first kappa shape index (κ1) is 14.3. The summed E-state index contributed by atoms with van der Waals surface area (Å²) in [6.07, 6.45) is 0. The Morgan fingerprint density at radius 1 is 1.25 bits per heavy atom. The topological polar surface area (TPSA) is 47.3 Å². The minimum absolute atomic E-state index is 0.268. The summed E-state index contributed by atoms with van der Waals surface area (Å²) in [5.74, 6) is 0.399. The average molecular weight is 290 g/mol. The van der Waals surface area contributed by atoms with Gasteiger partial charge in [0.05, 0.1) is 12.8 Å². The molecule has 104 valence electrons. The normalized spacial score (nSPS) is 10.2. The summed E-state index contributed by atoms with van der Waals surface area (Å²) < 4.78 is 18.8. The molecular weight excluding hydrogens is 275 g/mol. The number of ether oxygens (including phenoxy) is 1. The van der Waals surface area contributed by atoms with Gasteiger partial charge in [-0.25, -0.2) is 4.39 Å². The summed E-state index contributed by atoms with van der Waals surface area (Å²) in [5.41, 5.74) is 8.27. The number of halogens is 1. The molecule has 2 aromatic carbocycles. The molecule has 0 radical (unpaired) electrons. The summed E-state index contributed by atoms with van der Waals surface area (Å²) in [7, 11) is 1.58. The lowest BCUT2D eigenvalue weighted by Gasteiger charge is -2.14. The van der Waals surface area contributed by atoms with Crippen molar-refractivity contribution < 1.29 is 9.13 Å². The molecule has 0 aliphatic carbocycles. The number of benzene rings is 2. The molecule has 0 spiro atoms. The number of thiocarbonyl (C=S) groups is 1. The van der Waals surface area contributed by atoms with Crippen LogP contribution < -0.4 is 15.8 Å². The van der Waals surface area contributed by atoms with E-state index in [1.807, 2.05) is 0 Å². The standard InChI is InChI=1S/C15H15FN2OS/c1-9-12(16)4-3-5-13(9)18-14-8-10(19-2)6-7-11(14)15(17)20/h3-8,18H,1-2H3,(H2,17,20). The van der Waals surface area contributed by atoms with Crippen molar-refractivity contribution in [2.45, 2.75) is 6.92 Å². The van der Waals surface area contributed by atoms with E-state index >= 15 is 0 Å². The van der Waals surface area contributed by atoms with Crippen molar-refractivity contribution in [3.05, 3.63) is 53.3 Å². The van der Waals surface area contributed by atoms with E-state index in [4.69, 9.17) is 22.7 Å². The minimum atomic E-state index is -0.269. The second-order valence-electron chi connectivity index (χ2n) is 4.31. The molecule has 0 aliphatic heterocycles. The van der Waals surface area contributed by atoms with Gasteiger partial charge in [0.1, 0.15) is 16.6 Å². The summed E-state index contributed by atoms with van der Waals surface area (Å²) in [5, 5.41) is 3.15. The second-order valence-corrected chi connectivity index (χ2v) is 4.75. The van der Waals surface area contributed by atoms with E-state index in [1.54, 1.807) is 44.4 Å².